The van der Waals surface area contributed by atoms with Crippen LogP contribution in [-0.4, -0.2) is 30.2 Å². The van der Waals surface area contributed by atoms with E-state index in [1.54, 1.807) is 32.0 Å². The maximum Gasteiger partial charge on any atom is 0.344 e. The number of hydrogen-bond donors (Lipinski definition) is 1. The predicted molar refractivity (Wildman–Crippen MR) is 89.4 cm³/mol. The molecule has 0 aliphatic carbocycles. The number of benzene rings is 1. The topological polar surface area (TPSA) is 81.4 Å². The quantitative estimate of drug-likeness (QED) is 0.789. The Morgan fingerprint density at radius 1 is 1.29 bits per heavy atom. The molecule has 8 heteroatoms. The van der Waals surface area contributed by atoms with Crippen LogP contribution >= 0.6 is 23.2 Å². The standard InChI is InChI=1S/C16H16Cl2N2O4/c1-9-15(10(2)24-20-9)16(22)23-8-14(21)19-6-5-11-3-4-12(17)7-13(11)18/h3-4,7H,5-6,8H2,1-2H3,(H,19,21). The van der Waals surface area contributed by atoms with E-state index in [-0.39, 0.29) is 12.2 Å². The zero-order valence-corrected chi connectivity index (χ0v) is 14.7. The van der Waals surface area contributed by atoms with Crippen molar-refractivity contribution in [2.75, 3.05) is 13.2 Å². The molecule has 0 bridgehead atoms. The van der Waals surface area contributed by atoms with Crippen molar-refractivity contribution in [3.05, 3.63) is 50.8 Å². The van der Waals surface area contributed by atoms with Crippen LogP contribution in [0.3, 0.4) is 0 Å². The number of aryl methyl sites for hydroxylation is 2. The fraction of sp³-hybridized carbons (Fsp3) is 0.312. The zero-order chi connectivity index (χ0) is 17.7. The molecule has 1 aromatic heterocycles. The highest BCUT2D eigenvalue weighted by Gasteiger charge is 2.19. The average molecular weight is 371 g/mol. The van der Waals surface area contributed by atoms with Crippen LogP contribution in [0.5, 0.6) is 0 Å². The van der Waals surface area contributed by atoms with Crippen molar-refractivity contribution in [2.24, 2.45) is 0 Å². The molecular formula is C16H16Cl2N2O4. The Morgan fingerprint density at radius 2 is 2.04 bits per heavy atom. The molecule has 1 heterocycles. The molecule has 0 unspecified atom stereocenters. The van der Waals surface area contributed by atoms with Gasteiger partial charge in [-0.3, -0.25) is 4.79 Å². The molecule has 0 fully saturated rings. The third-order valence-electron chi connectivity index (χ3n) is 3.30. The fourth-order valence-corrected chi connectivity index (χ4v) is 2.59. The highest BCUT2D eigenvalue weighted by atomic mass is 35.5. The number of ether oxygens (including phenoxy) is 1. The van der Waals surface area contributed by atoms with Gasteiger partial charge in [-0.15, -0.1) is 0 Å². The Hall–Kier alpha value is -2.05. The van der Waals surface area contributed by atoms with E-state index >= 15 is 0 Å². The molecule has 0 radical (unpaired) electrons. The number of halogens is 2. The SMILES string of the molecule is Cc1noc(C)c1C(=O)OCC(=O)NCCc1ccc(Cl)cc1Cl. The van der Waals surface area contributed by atoms with E-state index in [1.165, 1.54) is 0 Å². The second kappa shape index (κ2) is 8.17. The van der Waals surface area contributed by atoms with E-state index in [2.05, 4.69) is 10.5 Å². The number of nitrogens with zero attached hydrogens (tertiary/aromatic N) is 1. The maximum absolute atomic E-state index is 11.9. The monoisotopic (exact) mass is 370 g/mol. The molecule has 1 aromatic carbocycles. The van der Waals surface area contributed by atoms with E-state index in [1.807, 2.05) is 0 Å². The van der Waals surface area contributed by atoms with Crippen LogP contribution in [0.4, 0.5) is 0 Å². The van der Waals surface area contributed by atoms with Gasteiger partial charge in [-0.05, 0) is 38.0 Å². The second-order valence-corrected chi connectivity index (χ2v) is 5.95. The summed E-state index contributed by atoms with van der Waals surface area (Å²) in [6.07, 6.45) is 0.541. The van der Waals surface area contributed by atoms with Gasteiger partial charge in [0.25, 0.3) is 5.91 Å². The van der Waals surface area contributed by atoms with Crippen LogP contribution in [-0.2, 0) is 16.0 Å². The van der Waals surface area contributed by atoms with Gasteiger partial charge >= 0.3 is 5.97 Å². The van der Waals surface area contributed by atoms with Gasteiger partial charge in [-0.1, -0.05) is 34.4 Å². The normalized spacial score (nSPS) is 10.5. The van der Waals surface area contributed by atoms with E-state index in [9.17, 15) is 9.59 Å². The molecule has 0 aliphatic rings. The fourth-order valence-electron chi connectivity index (χ4n) is 2.09. The largest absolute Gasteiger partial charge is 0.452 e. The molecule has 1 N–H and O–H groups in total. The van der Waals surface area contributed by atoms with Gasteiger partial charge in [0.15, 0.2) is 6.61 Å². The van der Waals surface area contributed by atoms with E-state index in [0.29, 0.717) is 34.5 Å². The molecule has 0 saturated heterocycles. The minimum atomic E-state index is -0.637. The van der Waals surface area contributed by atoms with Crippen LogP contribution in [0.2, 0.25) is 10.0 Å². The summed E-state index contributed by atoms with van der Waals surface area (Å²) in [7, 11) is 0. The highest BCUT2D eigenvalue weighted by molar-refractivity contribution is 6.35. The van der Waals surface area contributed by atoms with Crippen molar-refractivity contribution in [3.8, 4) is 0 Å². The lowest BCUT2D eigenvalue weighted by Crippen LogP contribution is -2.30. The van der Waals surface area contributed by atoms with Crippen LogP contribution in [0, 0.1) is 13.8 Å². The maximum atomic E-state index is 11.9. The average Bonchev–Trinajstić information content (AvgIpc) is 2.86. The molecule has 2 aromatic rings. The van der Waals surface area contributed by atoms with Gasteiger partial charge in [0.1, 0.15) is 11.3 Å². The number of esters is 1. The van der Waals surface area contributed by atoms with Gasteiger partial charge < -0.3 is 14.6 Å². The van der Waals surface area contributed by atoms with Crippen molar-refractivity contribution >= 4 is 35.1 Å². The molecule has 0 atom stereocenters. The zero-order valence-electron chi connectivity index (χ0n) is 13.2. The summed E-state index contributed by atoms with van der Waals surface area (Å²) >= 11 is 11.9. The number of carbonyl (C=O) groups is 2. The Balaban J connectivity index is 1.76. The Bertz CT molecular complexity index is 739. The van der Waals surface area contributed by atoms with Crippen molar-refractivity contribution < 1.29 is 18.8 Å². The minimum Gasteiger partial charge on any atom is -0.452 e. The number of nitrogens with one attached hydrogen (secondary N) is 1. The van der Waals surface area contributed by atoms with Crippen molar-refractivity contribution in [1.82, 2.24) is 10.5 Å². The molecule has 2 rings (SSSR count). The second-order valence-electron chi connectivity index (χ2n) is 5.11. The lowest BCUT2D eigenvalue weighted by molar-refractivity contribution is -0.124. The van der Waals surface area contributed by atoms with Crippen LogP contribution in [0.15, 0.2) is 22.7 Å². The third-order valence-corrected chi connectivity index (χ3v) is 3.89. The summed E-state index contributed by atoms with van der Waals surface area (Å²) in [5, 5.41) is 7.42. The Kier molecular flexibility index (Phi) is 6.23. The lowest BCUT2D eigenvalue weighted by atomic mass is 10.1. The Morgan fingerprint density at radius 3 is 2.67 bits per heavy atom. The van der Waals surface area contributed by atoms with Gasteiger partial charge in [0.2, 0.25) is 0 Å². The first kappa shape index (κ1) is 18.3. The number of carbonyl (C=O) groups excluding carboxylic acids is 2. The van der Waals surface area contributed by atoms with Crippen LogP contribution in [0.1, 0.15) is 27.4 Å². The molecule has 128 valence electrons. The minimum absolute atomic E-state index is 0.246. The molecule has 1 amide bonds. The van der Waals surface area contributed by atoms with Gasteiger partial charge in [0.05, 0.1) is 5.69 Å². The highest BCUT2D eigenvalue weighted by Crippen LogP contribution is 2.21. The molecule has 24 heavy (non-hydrogen) atoms. The molecule has 0 saturated carbocycles. The summed E-state index contributed by atoms with van der Waals surface area (Å²) in [5.74, 6) is -0.683. The molecule has 0 spiro atoms. The summed E-state index contributed by atoms with van der Waals surface area (Å²) in [4.78, 5) is 23.6. The van der Waals surface area contributed by atoms with Crippen molar-refractivity contribution in [1.29, 1.82) is 0 Å². The third kappa shape index (κ3) is 4.72. The van der Waals surface area contributed by atoms with Gasteiger partial charge in [0, 0.05) is 16.6 Å². The number of amides is 1. The first-order valence-corrected chi connectivity index (χ1v) is 7.94. The summed E-state index contributed by atoms with van der Waals surface area (Å²) in [6.45, 7) is 3.22. The van der Waals surface area contributed by atoms with E-state index in [0.717, 1.165) is 5.56 Å². The molecular weight excluding hydrogens is 355 g/mol. The van der Waals surface area contributed by atoms with Crippen molar-refractivity contribution in [2.45, 2.75) is 20.3 Å². The lowest BCUT2D eigenvalue weighted by Gasteiger charge is -2.08. The predicted octanol–water partition coefficient (Wildman–Crippen LogP) is 3.11. The number of rotatable bonds is 6. The smallest absolute Gasteiger partial charge is 0.344 e. The Labute approximate surface area is 149 Å². The summed E-state index contributed by atoms with van der Waals surface area (Å²) in [5.41, 5.74) is 1.54. The van der Waals surface area contributed by atoms with Gasteiger partial charge in [-0.2, -0.15) is 0 Å². The summed E-state index contributed by atoms with van der Waals surface area (Å²) in [6, 6.07) is 5.18. The molecule has 6 nitrogen and oxygen atoms in total. The first-order chi connectivity index (χ1) is 11.4. The molecule has 0 aliphatic heterocycles. The number of hydrogen-bond acceptors (Lipinski definition) is 5. The summed E-state index contributed by atoms with van der Waals surface area (Å²) < 4.78 is 9.84. The van der Waals surface area contributed by atoms with Crippen molar-refractivity contribution in [3.63, 3.8) is 0 Å². The van der Waals surface area contributed by atoms with Crippen LogP contribution < -0.4 is 5.32 Å². The van der Waals surface area contributed by atoms with E-state index < -0.39 is 11.9 Å². The van der Waals surface area contributed by atoms with Crippen LogP contribution in [0.25, 0.3) is 0 Å². The van der Waals surface area contributed by atoms with E-state index in [4.69, 9.17) is 32.5 Å². The first-order valence-electron chi connectivity index (χ1n) is 7.19. The number of aromatic nitrogens is 1. The van der Waals surface area contributed by atoms with Gasteiger partial charge in [-0.25, -0.2) is 4.79 Å².